The van der Waals surface area contributed by atoms with Crippen LogP contribution in [0.25, 0.3) is 0 Å². The second-order valence-electron chi connectivity index (χ2n) is 4.09. The van der Waals surface area contributed by atoms with E-state index in [-0.39, 0.29) is 18.1 Å². The van der Waals surface area contributed by atoms with Gasteiger partial charge in [-0.3, -0.25) is 0 Å². The summed E-state index contributed by atoms with van der Waals surface area (Å²) in [7, 11) is 0.422. The molecule has 0 fully saturated rings. The summed E-state index contributed by atoms with van der Waals surface area (Å²) in [5.74, 6) is 1.51. The first-order chi connectivity index (χ1) is 9.02. The monoisotopic (exact) mass is 287 g/mol. The van der Waals surface area contributed by atoms with E-state index in [2.05, 4.69) is 5.32 Å². The predicted octanol–water partition coefficient (Wildman–Crippen LogP) is 1.23. The number of benzene rings is 1. The summed E-state index contributed by atoms with van der Waals surface area (Å²) in [6.07, 6.45) is 0. The van der Waals surface area contributed by atoms with Gasteiger partial charge in [-0.2, -0.15) is 0 Å². The van der Waals surface area contributed by atoms with E-state index in [1.807, 2.05) is 19.2 Å². The second-order valence-corrected chi connectivity index (χ2v) is 6.56. The minimum absolute atomic E-state index is 0.0275. The Labute approximate surface area is 114 Å². The summed E-state index contributed by atoms with van der Waals surface area (Å²) in [4.78, 5) is 0. The molecule has 1 N–H and O–H groups in total. The maximum absolute atomic E-state index is 11.4. The van der Waals surface area contributed by atoms with Crippen molar-refractivity contribution in [3.63, 3.8) is 0 Å². The zero-order valence-electron chi connectivity index (χ0n) is 11.6. The molecule has 6 heteroatoms. The van der Waals surface area contributed by atoms with Gasteiger partial charge in [-0.05, 0) is 13.1 Å². The highest BCUT2D eigenvalue weighted by Crippen LogP contribution is 2.24. The third kappa shape index (κ3) is 5.08. The van der Waals surface area contributed by atoms with E-state index < -0.39 is 9.84 Å². The molecule has 0 saturated carbocycles. The van der Waals surface area contributed by atoms with Crippen molar-refractivity contribution in [1.82, 2.24) is 5.32 Å². The quantitative estimate of drug-likeness (QED) is 0.779. The van der Waals surface area contributed by atoms with Crippen LogP contribution in [0.2, 0.25) is 0 Å². The van der Waals surface area contributed by atoms with Crippen LogP contribution in [0, 0.1) is 0 Å². The number of rotatable bonds is 8. The molecule has 0 spiro atoms. The average Bonchev–Trinajstić information content (AvgIpc) is 2.40. The first kappa shape index (κ1) is 15.8. The Morgan fingerprint density at radius 1 is 1.32 bits per heavy atom. The molecule has 0 saturated heterocycles. The van der Waals surface area contributed by atoms with Crippen LogP contribution in [0.4, 0.5) is 0 Å². The maximum Gasteiger partial charge on any atom is 0.153 e. The maximum atomic E-state index is 11.4. The van der Waals surface area contributed by atoms with Crippen LogP contribution >= 0.6 is 0 Å². The minimum Gasteiger partial charge on any atom is -0.497 e. The SMILES string of the molecule is CCS(=O)(=O)CCOc1cc(OC)ccc1CNC. The molecule has 1 aromatic rings. The minimum atomic E-state index is -3.00. The van der Waals surface area contributed by atoms with Crippen LogP contribution in [0.5, 0.6) is 11.5 Å². The smallest absolute Gasteiger partial charge is 0.153 e. The molecule has 5 nitrogen and oxygen atoms in total. The summed E-state index contributed by atoms with van der Waals surface area (Å²) in [5.41, 5.74) is 0.970. The zero-order chi connectivity index (χ0) is 14.3. The summed E-state index contributed by atoms with van der Waals surface area (Å²) >= 11 is 0. The van der Waals surface area contributed by atoms with E-state index >= 15 is 0 Å². The van der Waals surface area contributed by atoms with Crippen molar-refractivity contribution in [2.24, 2.45) is 0 Å². The molecule has 0 atom stereocenters. The number of hydrogen-bond acceptors (Lipinski definition) is 5. The molecule has 0 aromatic heterocycles. The van der Waals surface area contributed by atoms with Crippen molar-refractivity contribution >= 4 is 9.84 Å². The predicted molar refractivity (Wildman–Crippen MR) is 75.6 cm³/mol. The molecule has 0 radical (unpaired) electrons. The topological polar surface area (TPSA) is 64.6 Å². The third-order valence-electron chi connectivity index (χ3n) is 2.73. The molecule has 0 aliphatic heterocycles. The van der Waals surface area contributed by atoms with Gasteiger partial charge >= 0.3 is 0 Å². The zero-order valence-corrected chi connectivity index (χ0v) is 12.4. The molecule has 108 valence electrons. The molecule has 1 rings (SSSR count). The van der Waals surface area contributed by atoms with E-state index in [1.54, 1.807) is 20.1 Å². The molecule has 0 aliphatic carbocycles. The van der Waals surface area contributed by atoms with Crippen LogP contribution in [0.1, 0.15) is 12.5 Å². The Morgan fingerprint density at radius 2 is 2.05 bits per heavy atom. The van der Waals surface area contributed by atoms with Gasteiger partial charge in [0.05, 0.1) is 12.9 Å². The van der Waals surface area contributed by atoms with Gasteiger partial charge in [-0.15, -0.1) is 0 Å². The normalized spacial score (nSPS) is 11.3. The van der Waals surface area contributed by atoms with E-state index in [9.17, 15) is 8.42 Å². The van der Waals surface area contributed by atoms with E-state index in [1.165, 1.54) is 0 Å². The number of hydrogen-bond donors (Lipinski definition) is 1. The van der Waals surface area contributed by atoms with Gasteiger partial charge in [0.2, 0.25) is 0 Å². The van der Waals surface area contributed by atoms with Crippen molar-refractivity contribution in [1.29, 1.82) is 0 Å². The van der Waals surface area contributed by atoms with E-state index in [0.717, 1.165) is 5.56 Å². The van der Waals surface area contributed by atoms with Gasteiger partial charge in [-0.25, -0.2) is 8.42 Å². The van der Waals surface area contributed by atoms with Crippen LogP contribution in [0.3, 0.4) is 0 Å². The standard InChI is InChI=1S/C13H21NO4S/c1-4-19(15,16)8-7-18-13-9-12(17-3)6-5-11(13)10-14-2/h5-6,9,14H,4,7-8,10H2,1-3H3. The van der Waals surface area contributed by atoms with Gasteiger partial charge < -0.3 is 14.8 Å². The summed E-state index contributed by atoms with van der Waals surface area (Å²) in [6, 6.07) is 5.52. The Morgan fingerprint density at radius 3 is 2.63 bits per heavy atom. The summed E-state index contributed by atoms with van der Waals surface area (Å²) in [5, 5.41) is 3.04. The van der Waals surface area contributed by atoms with Crippen molar-refractivity contribution in [3.8, 4) is 11.5 Å². The van der Waals surface area contributed by atoms with Gasteiger partial charge in [0.25, 0.3) is 0 Å². The lowest BCUT2D eigenvalue weighted by Crippen LogP contribution is -2.16. The van der Waals surface area contributed by atoms with E-state index in [4.69, 9.17) is 9.47 Å². The van der Waals surface area contributed by atoms with E-state index in [0.29, 0.717) is 18.0 Å². The van der Waals surface area contributed by atoms with Crippen molar-refractivity contribution in [2.75, 3.05) is 32.3 Å². The van der Waals surface area contributed by atoms with Gasteiger partial charge in [0.15, 0.2) is 9.84 Å². The third-order valence-corrected chi connectivity index (χ3v) is 4.40. The molecule has 19 heavy (non-hydrogen) atoms. The summed E-state index contributed by atoms with van der Waals surface area (Å²) in [6.45, 7) is 2.44. The van der Waals surface area contributed by atoms with Gasteiger partial charge in [0, 0.05) is 23.9 Å². The molecular formula is C13H21NO4S. The molecule has 1 aromatic carbocycles. The van der Waals surface area contributed by atoms with Crippen LogP contribution in [-0.2, 0) is 16.4 Å². The first-order valence-electron chi connectivity index (χ1n) is 6.17. The first-order valence-corrected chi connectivity index (χ1v) is 7.99. The number of nitrogens with one attached hydrogen (secondary N) is 1. The van der Waals surface area contributed by atoms with Crippen LogP contribution in [-0.4, -0.2) is 40.7 Å². The lowest BCUT2D eigenvalue weighted by atomic mass is 10.2. The Hall–Kier alpha value is -1.27. The number of sulfone groups is 1. The largest absolute Gasteiger partial charge is 0.497 e. The molecule has 0 bridgehead atoms. The highest BCUT2D eigenvalue weighted by atomic mass is 32.2. The van der Waals surface area contributed by atoms with Crippen molar-refractivity contribution < 1.29 is 17.9 Å². The van der Waals surface area contributed by atoms with Gasteiger partial charge in [0.1, 0.15) is 18.1 Å². The highest BCUT2D eigenvalue weighted by molar-refractivity contribution is 7.91. The number of ether oxygens (including phenoxy) is 2. The fourth-order valence-electron chi connectivity index (χ4n) is 1.56. The lowest BCUT2D eigenvalue weighted by molar-refractivity contribution is 0.332. The summed E-state index contributed by atoms with van der Waals surface area (Å²) < 4.78 is 33.5. The molecule has 0 unspecified atom stereocenters. The van der Waals surface area contributed by atoms with Crippen LogP contribution in [0.15, 0.2) is 18.2 Å². The second kappa shape index (κ2) is 7.35. The molecule has 0 amide bonds. The Balaban J connectivity index is 2.74. The average molecular weight is 287 g/mol. The molecular weight excluding hydrogens is 266 g/mol. The molecule has 0 heterocycles. The van der Waals surface area contributed by atoms with Gasteiger partial charge in [-0.1, -0.05) is 13.0 Å². The highest BCUT2D eigenvalue weighted by Gasteiger charge is 2.10. The van der Waals surface area contributed by atoms with Crippen molar-refractivity contribution in [3.05, 3.63) is 23.8 Å². The lowest BCUT2D eigenvalue weighted by Gasteiger charge is -2.12. The fourth-order valence-corrected chi connectivity index (χ4v) is 2.18. The number of methoxy groups -OCH3 is 1. The molecule has 0 aliphatic rings. The fraction of sp³-hybridized carbons (Fsp3) is 0.538. The Kier molecular flexibility index (Phi) is 6.11. The van der Waals surface area contributed by atoms with Crippen molar-refractivity contribution in [2.45, 2.75) is 13.5 Å². The Bertz CT molecular complexity index is 499. The van der Waals surface area contributed by atoms with Crippen LogP contribution < -0.4 is 14.8 Å².